The molecule has 0 saturated carbocycles. The van der Waals surface area contributed by atoms with Crippen molar-refractivity contribution in [3.05, 3.63) is 23.8 Å². The molecule has 13 heavy (non-hydrogen) atoms. The molecule has 0 atom stereocenters. The van der Waals surface area contributed by atoms with Crippen molar-refractivity contribution in [1.82, 2.24) is 0 Å². The van der Waals surface area contributed by atoms with Crippen LogP contribution >= 0.6 is 0 Å². The first kappa shape index (κ1) is 12.5. The van der Waals surface area contributed by atoms with E-state index < -0.39 is 0 Å². The predicted octanol–water partition coefficient (Wildman–Crippen LogP) is 4.44. The molecule has 0 aromatic rings. The quantitative estimate of drug-likeness (QED) is 0.561. The van der Waals surface area contributed by atoms with Crippen molar-refractivity contribution >= 4 is 0 Å². The molecular weight excluding hydrogens is 156 g/mol. The first-order chi connectivity index (χ1) is 6.04. The number of allylic oxidation sites excluding steroid dienone is 4. The molecule has 0 nitrogen and oxygen atoms in total. The molecule has 0 amide bonds. The fraction of sp³-hybridized carbons (Fsp3) is 0.692. The Morgan fingerprint density at radius 1 is 0.923 bits per heavy atom. The van der Waals surface area contributed by atoms with Gasteiger partial charge in [0.05, 0.1) is 0 Å². The molecule has 0 aromatic heterocycles. The summed E-state index contributed by atoms with van der Waals surface area (Å²) in [5.41, 5.74) is 1.48. The Labute approximate surface area is 83.7 Å². The van der Waals surface area contributed by atoms with Crippen LogP contribution in [-0.4, -0.2) is 0 Å². The molecule has 0 aliphatic carbocycles. The van der Waals surface area contributed by atoms with Crippen molar-refractivity contribution in [2.75, 3.05) is 0 Å². The van der Waals surface area contributed by atoms with Crippen molar-refractivity contribution in [2.24, 2.45) is 17.8 Å². The van der Waals surface area contributed by atoms with Crippen LogP contribution in [0, 0.1) is 17.8 Å². The maximum absolute atomic E-state index is 2.30. The van der Waals surface area contributed by atoms with Crippen LogP contribution < -0.4 is 0 Å². The number of hydrogen-bond acceptors (Lipinski definition) is 0. The summed E-state index contributed by atoms with van der Waals surface area (Å²) in [4.78, 5) is 0. The topological polar surface area (TPSA) is 0 Å². The second kappa shape index (κ2) is 6.01. The second-order valence-electron chi connectivity index (χ2n) is 4.30. The van der Waals surface area contributed by atoms with Crippen LogP contribution in [0.2, 0.25) is 0 Å². The van der Waals surface area contributed by atoms with Crippen molar-refractivity contribution in [1.29, 1.82) is 0 Å². The molecule has 0 N–H and O–H groups in total. The molecule has 0 aliphatic rings. The Kier molecular flexibility index (Phi) is 5.77. The van der Waals surface area contributed by atoms with Crippen LogP contribution in [0.3, 0.4) is 0 Å². The van der Waals surface area contributed by atoms with Crippen LogP contribution in [0.1, 0.15) is 41.5 Å². The lowest BCUT2D eigenvalue weighted by atomic mass is 9.79. The minimum Gasteiger partial charge on any atom is -0.0874 e. The lowest BCUT2D eigenvalue weighted by Crippen LogP contribution is -2.17. The van der Waals surface area contributed by atoms with Crippen molar-refractivity contribution in [3.63, 3.8) is 0 Å². The molecule has 0 saturated heterocycles. The third-order valence-corrected chi connectivity index (χ3v) is 2.51. The Bertz CT molecular complexity index is 174. The van der Waals surface area contributed by atoms with E-state index in [1.165, 1.54) is 5.57 Å². The van der Waals surface area contributed by atoms with Crippen molar-refractivity contribution in [3.8, 4) is 0 Å². The molecule has 0 aliphatic heterocycles. The normalized spacial score (nSPS) is 14.1. The first-order valence-electron chi connectivity index (χ1n) is 5.33. The molecular formula is C13H24. The SMILES string of the molecule is C/C=C\C(=C/C)C(C(C)C)C(C)C. The van der Waals surface area contributed by atoms with Crippen molar-refractivity contribution in [2.45, 2.75) is 41.5 Å². The molecule has 0 aromatic carbocycles. The highest BCUT2D eigenvalue weighted by atomic mass is 14.2. The Balaban J connectivity index is 4.71. The van der Waals surface area contributed by atoms with Gasteiger partial charge in [0.1, 0.15) is 0 Å². The lowest BCUT2D eigenvalue weighted by molar-refractivity contribution is 0.343. The average Bonchev–Trinajstić information content (AvgIpc) is 2.02. The smallest absolute Gasteiger partial charge is 0.0119 e. The Morgan fingerprint density at radius 2 is 1.38 bits per heavy atom. The fourth-order valence-electron chi connectivity index (χ4n) is 2.13. The molecule has 0 bridgehead atoms. The van der Waals surface area contributed by atoms with Gasteiger partial charge in [-0.3, -0.25) is 0 Å². The molecule has 0 radical (unpaired) electrons. The molecule has 0 heteroatoms. The van der Waals surface area contributed by atoms with Gasteiger partial charge in [-0.15, -0.1) is 0 Å². The standard InChI is InChI=1S/C13H24/c1-7-9-12(8-2)13(10(3)4)11(5)6/h7-11,13H,1-6H3/b9-7-,12-8+. The van der Waals surface area contributed by atoms with Crippen LogP contribution in [0.5, 0.6) is 0 Å². The predicted molar refractivity (Wildman–Crippen MR) is 61.7 cm³/mol. The average molecular weight is 180 g/mol. The highest BCUT2D eigenvalue weighted by Gasteiger charge is 2.19. The van der Waals surface area contributed by atoms with Gasteiger partial charge < -0.3 is 0 Å². The van der Waals surface area contributed by atoms with Gasteiger partial charge in [0, 0.05) is 0 Å². The van der Waals surface area contributed by atoms with E-state index >= 15 is 0 Å². The third-order valence-electron chi connectivity index (χ3n) is 2.51. The van der Waals surface area contributed by atoms with E-state index in [4.69, 9.17) is 0 Å². The minimum absolute atomic E-state index is 0.696. The lowest BCUT2D eigenvalue weighted by Gasteiger charge is -2.26. The van der Waals surface area contributed by atoms with Gasteiger partial charge in [0.15, 0.2) is 0 Å². The minimum atomic E-state index is 0.696. The maximum Gasteiger partial charge on any atom is -0.0119 e. The van der Waals surface area contributed by atoms with Crippen LogP contribution in [0.4, 0.5) is 0 Å². The molecule has 0 fully saturated rings. The molecule has 76 valence electrons. The number of hydrogen-bond donors (Lipinski definition) is 0. The molecule has 0 rings (SSSR count). The summed E-state index contributed by atoms with van der Waals surface area (Å²) < 4.78 is 0. The molecule has 0 spiro atoms. The maximum atomic E-state index is 2.30. The van der Waals surface area contributed by atoms with Gasteiger partial charge in [-0.2, -0.15) is 0 Å². The van der Waals surface area contributed by atoms with Crippen LogP contribution in [0.25, 0.3) is 0 Å². The first-order valence-corrected chi connectivity index (χ1v) is 5.33. The summed E-state index contributed by atoms with van der Waals surface area (Å²) in [6.45, 7) is 13.4. The van der Waals surface area contributed by atoms with Gasteiger partial charge in [-0.05, 0) is 37.2 Å². The molecule has 0 unspecified atom stereocenters. The van der Waals surface area contributed by atoms with E-state index in [2.05, 4.69) is 59.8 Å². The largest absolute Gasteiger partial charge is 0.0874 e. The zero-order valence-electron chi connectivity index (χ0n) is 9.96. The molecule has 0 heterocycles. The van der Waals surface area contributed by atoms with Gasteiger partial charge in [0.2, 0.25) is 0 Å². The van der Waals surface area contributed by atoms with Crippen LogP contribution in [0.15, 0.2) is 23.8 Å². The van der Waals surface area contributed by atoms with E-state index in [9.17, 15) is 0 Å². The van der Waals surface area contributed by atoms with Gasteiger partial charge in [-0.1, -0.05) is 45.9 Å². The number of rotatable bonds is 4. The third kappa shape index (κ3) is 3.80. The van der Waals surface area contributed by atoms with Gasteiger partial charge >= 0.3 is 0 Å². The highest BCUT2D eigenvalue weighted by Crippen LogP contribution is 2.28. The van der Waals surface area contributed by atoms with E-state index in [1.54, 1.807) is 0 Å². The summed E-state index contributed by atoms with van der Waals surface area (Å²) in [7, 11) is 0. The van der Waals surface area contributed by atoms with E-state index in [0.717, 1.165) is 11.8 Å². The highest BCUT2D eigenvalue weighted by molar-refractivity contribution is 5.21. The van der Waals surface area contributed by atoms with Gasteiger partial charge in [-0.25, -0.2) is 0 Å². The fourth-order valence-corrected chi connectivity index (χ4v) is 2.13. The summed E-state index contributed by atoms with van der Waals surface area (Å²) in [6.07, 6.45) is 6.61. The van der Waals surface area contributed by atoms with Crippen LogP contribution in [-0.2, 0) is 0 Å². The zero-order chi connectivity index (χ0) is 10.4. The van der Waals surface area contributed by atoms with E-state index in [0.29, 0.717) is 5.92 Å². The summed E-state index contributed by atoms with van der Waals surface area (Å²) in [5, 5.41) is 0. The van der Waals surface area contributed by atoms with E-state index in [-0.39, 0.29) is 0 Å². The summed E-state index contributed by atoms with van der Waals surface area (Å²) in [5.74, 6) is 2.14. The van der Waals surface area contributed by atoms with E-state index in [1.807, 2.05) is 0 Å². The Morgan fingerprint density at radius 3 is 1.62 bits per heavy atom. The van der Waals surface area contributed by atoms with Gasteiger partial charge in [0.25, 0.3) is 0 Å². The zero-order valence-corrected chi connectivity index (χ0v) is 9.96. The monoisotopic (exact) mass is 180 g/mol. The second-order valence-corrected chi connectivity index (χ2v) is 4.30. The summed E-state index contributed by atoms with van der Waals surface area (Å²) in [6, 6.07) is 0. The summed E-state index contributed by atoms with van der Waals surface area (Å²) >= 11 is 0. The Hall–Kier alpha value is -0.520. The van der Waals surface area contributed by atoms with Crippen molar-refractivity contribution < 1.29 is 0 Å².